The van der Waals surface area contributed by atoms with Gasteiger partial charge in [0.05, 0.1) is 18.4 Å². The average molecular weight is 455 g/mol. The Morgan fingerprint density at radius 3 is 2.47 bits per heavy atom. The van der Waals surface area contributed by atoms with Gasteiger partial charge in [0.25, 0.3) is 11.8 Å². The van der Waals surface area contributed by atoms with Gasteiger partial charge in [-0.25, -0.2) is 0 Å². The maximum atomic E-state index is 12.8. The van der Waals surface area contributed by atoms with Crippen molar-refractivity contribution >= 4 is 40.9 Å². The third kappa shape index (κ3) is 6.29. The molecule has 9 heteroatoms. The molecule has 2 N–H and O–H groups in total. The summed E-state index contributed by atoms with van der Waals surface area (Å²) in [4.78, 5) is 48.6. The van der Waals surface area contributed by atoms with Crippen LogP contribution in [-0.2, 0) is 14.3 Å². The Bertz CT molecular complexity index is 1110. The van der Waals surface area contributed by atoms with Crippen molar-refractivity contribution in [2.24, 2.45) is 0 Å². The lowest BCUT2D eigenvalue weighted by Crippen LogP contribution is -2.27. The van der Waals surface area contributed by atoms with Crippen molar-refractivity contribution in [1.29, 1.82) is 0 Å². The molecule has 0 aliphatic carbocycles. The molecule has 2 aromatic carbocycles. The molecule has 3 aromatic rings. The summed E-state index contributed by atoms with van der Waals surface area (Å²) in [5.74, 6) is -1.94. The standard InChI is InChI=1S/C23H19ClN2O6/c24-16-8-9-18(17(13-16)22(29)15-5-2-1-3-6-15)26-20(27)14-32-21(28)10-11-25-23(30)19-7-4-12-31-19/h1-9,12-13H,10-11,14H2,(H,25,30)(H,26,27). The predicted octanol–water partition coefficient (Wildman–Crippen LogP) is 3.47. The zero-order chi connectivity index (χ0) is 22.9. The van der Waals surface area contributed by atoms with Crippen LogP contribution in [0, 0.1) is 0 Å². The quantitative estimate of drug-likeness (QED) is 0.378. The van der Waals surface area contributed by atoms with Crippen LogP contribution in [0.25, 0.3) is 0 Å². The normalized spacial score (nSPS) is 10.3. The smallest absolute Gasteiger partial charge is 0.308 e. The van der Waals surface area contributed by atoms with Gasteiger partial charge in [0, 0.05) is 22.7 Å². The molecule has 0 atom stereocenters. The number of ether oxygens (including phenoxy) is 1. The minimum absolute atomic E-state index is 0.0207. The number of furan rings is 1. The fourth-order valence-electron chi connectivity index (χ4n) is 2.74. The monoisotopic (exact) mass is 454 g/mol. The first-order chi connectivity index (χ1) is 15.4. The van der Waals surface area contributed by atoms with Crippen molar-refractivity contribution in [3.8, 4) is 0 Å². The van der Waals surface area contributed by atoms with E-state index in [0.717, 1.165) is 0 Å². The van der Waals surface area contributed by atoms with Gasteiger partial charge in [-0.1, -0.05) is 41.9 Å². The van der Waals surface area contributed by atoms with Crippen molar-refractivity contribution in [2.45, 2.75) is 6.42 Å². The van der Waals surface area contributed by atoms with E-state index < -0.39 is 24.4 Å². The zero-order valence-electron chi connectivity index (χ0n) is 16.8. The SMILES string of the molecule is O=C(COC(=O)CCNC(=O)c1ccco1)Nc1ccc(Cl)cc1C(=O)c1ccccc1. The second-order valence-corrected chi connectivity index (χ2v) is 7.01. The van der Waals surface area contributed by atoms with Crippen molar-refractivity contribution in [2.75, 3.05) is 18.5 Å². The van der Waals surface area contributed by atoms with Crippen LogP contribution in [0.15, 0.2) is 71.3 Å². The number of ketones is 1. The number of rotatable bonds is 9. The van der Waals surface area contributed by atoms with E-state index in [9.17, 15) is 19.2 Å². The molecule has 0 spiro atoms. The molecule has 32 heavy (non-hydrogen) atoms. The van der Waals surface area contributed by atoms with E-state index >= 15 is 0 Å². The van der Waals surface area contributed by atoms with E-state index in [1.165, 1.54) is 30.5 Å². The van der Waals surface area contributed by atoms with Gasteiger partial charge in [-0.15, -0.1) is 0 Å². The highest BCUT2D eigenvalue weighted by atomic mass is 35.5. The summed E-state index contributed by atoms with van der Waals surface area (Å²) in [5, 5.41) is 5.40. The topological polar surface area (TPSA) is 115 Å². The number of anilines is 1. The van der Waals surface area contributed by atoms with Gasteiger partial charge in [0.15, 0.2) is 18.2 Å². The van der Waals surface area contributed by atoms with Crippen LogP contribution in [-0.4, -0.2) is 36.7 Å². The van der Waals surface area contributed by atoms with Gasteiger partial charge >= 0.3 is 5.97 Å². The molecule has 3 rings (SSSR count). The second-order valence-electron chi connectivity index (χ2n) is 6.58. The number of benzene rings is 2. The summed E-state index contributed by atoms with van der Waals surface area (Å²) in [6.45, 7) is -0.528. The molecule has 0 aliphatic heterocycles. The first-order valence-corrected chi connectivity index (χ1v) is 9.98. The van der Waals surface area contributed by atoms with Crippen LogP contribution in [0.4, 0.5) is 5.69 Å². The fourth-order valence-corrected chi connectivity index (χ4v) is 2.91. The molecule has 8 nitrogen and oxygen atoms in total. The molecule has 0 saturated carbocycles. The molecule has 0 bridgehead atoms. The van der Waals surface area contributed by atoms with Crippen molar-refractivity contribution < 1.29 is 28.3 Å². The highest BCUT2D eigenvalue weighted by Crippen LogP contribution is 2.23. The van der Waals surface area contributed by atoms with E-state index in [4.69, 9.17) is 20.8 Å². The Labute approximate surface area is 188 Å². The van der Waals surface area contributed by atoms with Gasteiger partial charge in [-0.3, -0.25) is 19.2 Å². The van der Waals surface area contributed by atoms with Crippen LogP contribution in [0.5, 0.6) is 0 Å². The molecule has 0 saturated heterocycles. The number of hydrogen-bond acceptors (Lipinski definition) is 6. The van der Waals surface area contributed by atoms with E-state index in [2.05, 4.69) is 10.6 Å². The summed E-state index contributed by atoms with van der Waals surface area (Å²) in [5.41, 5.74) is 0.896. The summed E-state index contributed by atoms with van der Waals surface area (Å²) < 4.78 is 9.86. The molecular weight excluding hydrogens is 436 g/mol. The Morgan fingerprint density at radius 2 is 1.75 bits per heavy atom. The highest BCUT2D eigenvalue weighted by Gasteiger charge is 2.17. The number of halogens is 1. The van der Waals surface area contributed by atoms with Crippen LogP contribution in [0.3, 0.4) is 0 Å². The van der Waals surface area contributed by atoms with Crippen molar-refractivity contribution in [1.82, 2.24) is 5.32 Å². The molecule has 0 unspecified atom stereocenters. The summed E-state index contributed by atoms with van der Waals surface area (Å²) in [6, 6.07) is 16.1. The van der Waals surface area contributed by atoms with Gasteiger partial charge in [0.2, 0.25) is 0 Å². The van der Waals surface area contributed by atoms with E-state index in [-0.39, 0.29) is 35.8 Å². The lowest BCUT2D eigenvalue weighted by molar-refractivity contribution is -0.147. The Hall–Kier alpha value is -3.91. The fraction of sp³-hybridized carbons (Fsp3) is 0.130. The van der Waals surface area contributed by atoms with Crippen LogP contribution in [0.2, 0.25) is 5.02 Å². The third-order valence-corrected chi connectivity index (χ3v) is 4.50. The molecule has 0 aliphatic rings. The molecular formula is C23H19ClN2O6. The number of hydrogen-bond donors (Lipinski definition) is 2. The molecule has 0 radical (unpaired) electrons. The van der Waals surface area contributed by atoms with Crippen molar-refractivity contribution in [3.63, 3.8) is 0 Å². The first kappa shape index (κ1) is 22.8. The lowest BCUT2D eigenvalue weighted by Gasteiger charge is -2.11. The maximum absolute atomic E-state index is 12.8. The summed E-state index contributed by atoms with van der Waals surface area (Å²) in [7, 11) is 0. The average Bonchev–Trinajstić information content (AvgIpc) is 3.34. The maximum Gasteiger partial charge on any atom is 0.308 e. The summed E-state index contributed by atoms with van der Waals surface area (Å²) in [6.07, 6.45) is 1.24. The number of carbonyl (C=O) groups excluding carboxylic acids is 4. The number of carbonyl (C=O) groups is 4. The molecule has 2 amide bonds. The van der Waals surface area contributed by atoms with Gasteiger partial charge < -0.3 is 19.8 Å². The van der Waals surface area contributed by atoms with Gasteiger partial charge in [0.1, 0.15) is 0 Å². The zero-order valence-corrected chi connectivity index (χ0v) is 17.6. The Kier molecular flexibility index (Phi) is 7.77. The van der Waals surface area contributed by atoms with E-state index in [0.29, 0.717) is 10.6 Å². The van der Waals surface area contributed by atoms with E-state index in [1.807, 2.05) is 0 Å². The van der Waals surface area contributed by atoms with Gasteiger partial charge in [-0.2, -0.15) is 0 Å². The van der Waals surface area contributed by atoms with Crippen LogP contribution >= 0.6 is 11.6 Å². The van der Waals surface area contributed by atoms with Crippen molar-refractivity contribution in [3.05, 3.63) is 88.8 Å². The molecule has 1 heterocycles. The third-order valence-electron chi connectivity index (χ3n) is 4.26. The summed E-state index contributed by atoms with van der Waals surface area (Å²) >= 11 is 6.02. The number of esters is 1. The lowest BCUT2D eigenvalue weighted by atomic mass is 10.0. The highest BCUT2D eigenvalue weighted by molar-refractivity contribution is 6.31. The van der Waals surface area contributed by atoms with Crippen LogP contribution in [0.1, 0.15) is 32.9 Å². The Morgan fingerprint density at radius 1 is 0.969 bits per heavy atom. The minimum atomic E-state index is -0.670. The largest absolute Gasteiger partial charge is 0.459 e. The van der Waals surface area contributed by atoms with E-state index in [1.54, 1.807) is 36.4 Å². The van der Waals surface area contributed by atoms with Crippen LogP contribution < -0.4 is 10.6 Å². The first-order valence-electron chi connectivity index (χ1n) is 9.60. The Balaban J connectivity index is 1.51. The molecule has 164 valence electrons. The second kappa shape index (κ2) is 10.9. The number of amides is 2. The number of nitrogens with one attached hydrogen (secondary N) is 2. The predicted molar refractivity (Wildman–Crippen MR) is 117 cm³/mol. The minimum Gasteiger partial charge on any atom is -0.459 e. The molecule has 1 aromatic heterocycles. The van der Waals surface area contributed by atoms with Gasteiger partial charge in [-0.05, 0) is 30.3 Å². The molecule has 0 fully saturated rings.